The molecular weight excluding hydrogens is 374 g/mol. The first-order chi connectivity index (χ1) is 11.8. The van der Waals surface area contributed by atoms with Gasteiger partial charge < -0.3 is 11.1 Å². The number of nitrogens with two attached hydrogens (primary N) is 1. The van der Waals surface area contributed by atoms with Gasteiger partial charge in [-0.15, -0.1) is 12.4 Å². The predicted octanol–water partition coefficient (Wildman–Crippen LogP) is 2.72. The number of nitrogen functional groups attached to an aromatic ring is 1. The van der Waals surface area contributed by atoms with Crippen molar-refractivity contribution >= 4 is 45.4 Å². The number of amides is 1. The van der Waals surface area contributed by atoms with Crippen molar-refractivity contribution in [3.8, 4) is 0 Å². The average Bonchev–Trinajstić information content (AvgIpc) is 2.90. The summed E-state index contributed by atoms with van der Waals surface area (Å²) in [6, 6.07) is 12.5. The van der Waals surface area contributed by atoms with Crippen LogP contribution in [0.4, 0.5) is 17.1 Å². The van der Waals surface area contributed by atoms with Crippen LogP contribution in [0, 0.1) is 6.92 Å². The Bertz CT molecular complexity index is 898. The molecule has 2 aromatic carbocycles. The van der Waals surface area contributed by atoms with E-state index in [0.717, 1.165) is 11.1 Å². The monoisotopic (exact) mass is 395 g/mol. The third kappa shape index (κ3) is 4.47. The van der Waals surface area contributed by atoms with Gasteiger partial charge in [0, 0.05) is 17.9 Å². The lowest BCUT2D eigenvalue weighted by Gasteiger charge is -2.20. The van der Waals surface area contributed by atoms with Crippen LogP contribution >= 0.6 is 12.4 Å². The number of hydrogen-bond donors (Lipinski definition) is 2. The van der Waals surface area contributed by atoms with Crippen LogP contribution in [0.15, 0.2) is 42.5 Å². The van der Waals surface area contributed by atoms with Crippen LogP contribution in [0.1, 0.15) is 17.5 Å². The molecule has 26 heavy (non-hydrogen) atoms. The molecule has 6 nitrogen and oxygen atoms in total. The molecule has 3 N–H and O–H groups in total. The second kappa shape index (κ2) is 7.97. The molecule has 0 saturated carbocycles. The fraction of sp³-hybridized carbons (Fsp3) is 0.278. The predicted molar refractivity (Wildman–Crippen MR) is 107 cm³/mol. The molecule has 0 bridgehead atoms. The van der Waals surface area contributed by atoms with Gasteiger partial charge in [-0.25, -0.2) is 8.42 Å². The summed E-state index contributed by atoms with van der Waals surface area (Å²) in [7, 11) is -3.25. The van der Waals surface area contributed by atoms with Crippen molar-refractivity contribution < 1.29 is 13.2 Å². The SMILES string of the molecule is Cc1ccc(NC(=O)Cc2ccc(N)cc2)cc1N1CCCS1(=O)=O.Cl. The van der Waals surface area contributed by atoms with Gasteiger partial charge in [0.05, 0.1) is 17.9 Å². The first kappa shape index (κ1) is 20.1. The lowest BCUT2D eigenvalue weighted by atomic mass is 10.1. The van der Waals surface area contributed by atoms with Crippen LogP contribution in [0.2, 0.25) is 0 Å². The highest BCUT2D eigenvalue weighted by atomic mass is 35.5. The van der Waals surface area contributed by atoms with E-state index < -0.39 is 10.0 Å². The lowest BCUT2D eigenvalue weighted by Crippen LogP contribution is -2.26. The van der Waals surface area contributed by atoms with Crippen molar-refractivity contribution in [3.63, 3.8) is 0 Å². The number of sulfonamides is 1. The Morgan fingerprint density at radius 1 is 1.19 bits per heavy atom. The van der Waals surface area contributed by atoms with E-state index in [9.17, 15) is 13.2 Å². The van der Waals surface area contributed by atoms with E-state index in [1.165, 1.54) is 4.31 Å². The van der Waals surface area contributed by atoms with Crippen molar-refractivity contribution in [2.75, 3.05) is 27.7 Å². The van der Waals surface area contributed by atoms with Gasteiger partial charge in [0.1, 0.15) is 0 Å². The quantitative estimate of drug-likeness (QED) is 0.778. The highest BCUT2D eigenvalue weighted by molar-refractivity contribution is 7.93. The normalized spacial score (nSPS) is 15.3. The second-order valence-corrected chi connectivity index (χ2v) is 8.22. The number of carbonyl (C=O) groups is 1. The van der Waals surface area contributed by atoms with Crippen molar-refractivity contribution in [1.29, 1.82) is 0 Å². The van der Waals surface area contributed by atoms with E-state index in [1.807, 2.05) is 25.1 Å². The third-order valence-corrected chi connectivity index (χ3v) is 6.06. The van der Waals surface area contributed by atoms with E-state index in [-0.39, 0.29) is 30.5 Å². The number of aryl methyl sites for hydroxylation is 1. The Labute approximate surface area is 159 Å². The Hall–Kier alpha value is -2.25. The minimum Gasteiger partial charge on any atom is -0.399 e. The summed E-state index contributed by atoms with van der Waals surface area (Å²) in [6.45, 7) is 2.34. The van der Waals surface area contributed by atoms with Crippen LogP contribution < -0.4 is 15.4 Å². The van der Waals surface area contributed by atoms with E-state index >= 15 is 0 Å². The number of hydrogen-bond acceptors (Lipinski definition) is 4. The van der Waals surface area contributed by atoms with E-state index in [2.05, 4.69) is 5.32 Å². The maximum absolute atomic E-state index is 12.2. The van der Waals surface area contributed by atoms with E-state index in [1.54, 1.807) is 24.3 Å². The Kier molecular flexibility index (Phi) is 6.15. The molecule has 0 aliphatic carbocycles. The van der Waals surface area contributed by atoms with Gasteiger partial charge in [0.15, 0.2) is 0 Å². The Balaban J connectivity index is 0.00000243. The molecule has 1 fully saturated rings. The summed E-state index contributed by atoms with van der Waals surface area (Å²) >= 11 is 0. The topological polar surface area (TPSA) is 92.5 Å². The van der Waals surface area contributed by atoms with Crippen LogP contribution in [0.5, 0.6) is 0 Å². The number of anilines is 3. The summed E-state index contributed by atoms with van der Waals surface area (Å²) in [6.07, 6.45) is 0.848. The Morgan fingerprint density at radius 2 is 1.88 bits per heavy atom. The molecule has 1 amide bonds. The van der Waals surface area contributed by atoms with E-state index in [4.69, 9.17) is 5.73 Å². The van der Waals surface area contributed by atoms with Gasteiger partial charge in [-0.3, -0.25) is 9.10 Å². The highest BCUT2D eigenvalue weighted by Crippen LogP contribution is 2.30. The zero-order valence-electron chi connectivity index (χ0n) is 14.4. The fourth-order valence-electron chi connectivity index (χ4n) is 2.89. The minimum absolute atomic E-state index is 0. The van der Waals surface area contributed by atoms with Gasteiger partial charge in [-0.2, -0.15) is 0 Å². The molecule has 0 spiro atoms. The Morgan fingerprint density at radius 3 is 2.50 bits per heavy atom. The maximum Gasteiger partial charge on any atom is 0.235 e. The number of benzene rings is 2. The van der Waals surface area contributed by atoms with Crippen LogP contribution in [-0.4, -0.2) is 26.6 Å². The first-order valence-electron chi connectivity index (χ1n) is 8.10. The van der Waals surface area contributed by atoms with Crippen LogP contribution in [-0.2, 0) is 21.2 Å². The van der Waals surface area contributed by atoms with E-state index in [0.29, 0.717) is 30.0 Å². The summed E-state index contributed by atoms with van der Waals surface area (Å²) in [5, 5.41) is 2.83. The number of carbonyl (C=O) groups excluding carboxylic acids is 1. The third-order valence-electron chi connectivity index (χ3n) is 4.21. The standard InChI is InChI=1S/C18H21N3O3S.ClH/c1-13-3-8-16(12-17(13)21-9-2-10-25(21,23)24)20-18(22)11-14-4-6-15(19)7-5-14;/h3-8,12H,2,9-11,19H2,1H3,(H,20,22);1H. The molecule has 8 heteroatoms. The van der Waals surface area contributed by atoms with Crippen molar-refractivity contribution in [2.45, 2.75) is 19.8 Å². The highest BCUT2D eigenvalue weighted by Gasteiger charge is 2.29. The molecule has 140 valence electrons. The largest absolute Gasteiger partial charge is 0.399 e. The summed E-state index contributed by atoms with van der Waals surface area (Å²) < 4.78 is 25.7. The van der Waals surface area contributed by atoms with Crippen LogP contribution in [0.3, 0.4) is 0 Å². The molecule has 1 aliphatic heterocycles. The summed E-state index contributed by atoms with van der Waals surface area (Å²) in [4.78, 5) is 12.2. The first-order valence-corrected chi connectivity index (χ1v) is 9.71. The molecule has 0 aromatic heterocycles. The number of nitrogens with zero attached hydrogens (tertiary/aromatic N) is 1. The maximum atomic E-state index is 12.2. The number of halogens is 1. The van der Waals surface area contributed by atoms with Crippen LogP contribution in [0.25, 0.3) is 0 Å². The molecule has 3 rings (SSSR count). The molecule has 0 unspecified atom stereocenters. The van der Waals surface area contributed by atoms with Gasteiger partial charge in [-0.1, -0.05) is 18.2 Å². The lowest BCUT2D eigenvalue weighted by molar-refractivity contribution is -0.115. The van der Waals surface area contributed by atoms with Gasteiger partial charge in [0.25, 0.3) is 0 Å². The molecule has 2 aromatic rings. The molecule has 0 radical (unpaired) electrons. The van der Waals surface area contributed by atoms with Gasteiger partial charge in [-0.05, 0) is 48.7 Å². The second-order valence-electron chi connectivity index (χ2n) is 6.21. The zero-order valence-corrected chi connectivity index (χ0v) is 16.1. The average molecular weight is 396 g/mol. The summed E-state index contributed by atoms with van der Waals surface area (Å²) in [5.74, 6) is 0.00373. The molecule has 0 atom stereocenters. The summed E-state index contributed by atoms with van der Waals surface area (Å²) in [5.41, 5.74) is 9.23. The zero-order chi connectivity index (χ0) is 18.0. The molecular formula is C18H22ClN3O3S. The van der Waals surface area contributed by atoms with Crippen molar-refractivity contribution in [3.05, 3.63) is 53.6 Å². The van der Waals surface area contributed by atoms with Crippen molar-refractivity contribution in [2.24, 2.45) is 0 Å². The van der Waals surface area contributed by atoms with Crippen molar-refractivity contribution in [1.82, 2.24) is 0 Å². The number of rotatable bonds is 4. The molecule has 1 saturated heterocycles. The fourth-order valence-corrected chi connectivity index (χ4v) is 4.51. The smallest absolute Gasteiger partial charge is 0.235 e. The minimum atomic E-state index is -3.25. The molecule has 1 aliphatic rings. The van der Waals surface area contributed by atoms with Gasteiger partial charge in [0.2, 0.25) is 15.9 Å². The van der Waals surface area contributed by atoms with Gasteiger partial charge >= 0.3 is 0 Å². The molecule has 1 heterocycles. The number of nitrogens with one attached hydrogen (secondary N) is 1.